The van der Waals surface area contributed by atoms with Crippen LogP contribution in [0, 0.1) is 18.3 Å². The van der Waals surface area contributed by atoms with Gasteiger partial charge in [0.1, 0.15) is 22.3 Å². The van der Waals surface area contributed by atoms with Crippen molar-refractivity contribution in [3.63, 3.8) is 0 Å². The van der Waals surface area contributed by atoms with Crippen LogP contribution in [-0.4, -0.2) is 14.3 Å². The van der Waals surface area contributed by atoms with E-state index < -0.39 is 16.0 Å². The number of nitrogens with zero attached hydrogens (tertiary/aromatic N) is 1. The van der Waals surface area contributed by atoms with Crippen LogP contribution in [0.1, 0.15) is 11.1 Å². The number of carbonyl (C=O) groups is 1. The average molecular weight is 469 g/mol. The zero-order chi connectivity index (χ0) is 24.1. The molecule has 4 rings (SSSR count). The summed E-state index contributed by atoms with van der Waals surface area (Å²) in [6.45, 7) is 1.86. The van der Waals surface area contributed by atoms with Gasteiger partial charge in [0.25, 0.3) is 5.91 Å². The highest BCUT2D eigenvalue weighted by Gasteiger charge is 2.16. The molecule has 0 saturated heterocycles. The number of nitriles is 1. The Labute approximate surface area is 197 Å². The molecule has 0 spiro atoms. The van der Waals surface area contributed by atoms with E-state index in [1.54, 1.807) is 30.3 Å². The Hall–Kier alpha value is -4.41. The number of anilines is 1. The summed E-state index contributed by atoms with van der Waals surface area (Å²) >= 11 is 0. The lowest BCUT2D eigenvalue weighted by molar-refractivity contribution is -0.112. The smallest absolute Gasteiger partial charge is 0.339 e. The Morgan fingerprint density at radius 3 is 2.26 bits per heavy atom. The standard InChI is InChI=1S/C27H20N2O4S/c1-19-6-14-26(15-7-19)34(31,32)33-25-12-8-20(9-13-25)16-23(18-28)27(30)29-24-11-10-21-4-2-3-5-22(21)17-24/h2-17H,1H3,(H,29,30)/b23-16+. The molecule has 0 unspecified atom stereocenters. The Morgan fingerprint density at radius 1 is 0.912 bits per heavy atom. The highest BCUT2D eigenvalue weighted by atomic mass is 32.2. The van der Waals surface area contributed by atoms with Crippen molar-refractivity contribution in [2.75, 3.05) is 5.32 Å². The number of benzene rings is 4. The van der Waals surface area contributed by atoms with E-state index in [0.717, 1.165) is 16.3 Å². The molecule has 34 heavy (non-hydrogen) atoms. The summed E-state index contributed by atoms with van der Waals surface area (Å²) < 4.78 is 30.1. The van der Waals surface area contributed by atoms with Crippen molar-refractivity contribution in [1.82, 2.24) is 0 Å². The van der Waals surface area contributed by atoms with Crippen molar-refractivity contribution in [3.8, 4) is 11.8 Å². The summed E-state index contributed by atoms with van der Waals surface area (Å²) in [6.07, 6.45) is 1.43. The molecule has 0 fully saturated rings. The zero-order valence-corrected chi connectivity index (χ0v) is 19.0. The first-order chi connectivity index (χ1) is 16.3. The minimum atomic E-state index is -3.97. The molecule has 0 radical (unpaired) electrons. The van der Waals surface area contributed by atoms with Gasteiger partial charge in [-0.05, 0) is 65.7 Å². The van der Waals surface area contributed by atoms with E-state index in [1.165, 1.54) is 30.3 Å². The van der Waals surface area contributed by atoms with Gasteiger partial charge < -0.3 is 9.50 Å². The number of aryl methyl sites for hydroxylation is 1. The largest absolute Gasteiger partial charge is 0.379 e. The second-order valence-corrected chi connectivity index (χ2v) is 9.15. The van der Waals surface area contributed by atoms with E-state index in [-0.39, 0.29) is 16.2 Å². The second kappa shape index (κ2) is 9.61. The van der Waals surface area contributed by atoms with Gasteiger partial charge in [-0.3, -0.25) is 4.79 Å². The van der Waals surface area contributed by atoms with Gasteiger partial charge in [-0.25, -0.2) is 0 Å². The molecule has 1 amide bonds. The molecule has 7 heteroatoms. The second-order valence-electron chi connectivity index (χ2n) is 7.61. The molecule has 0 saturated carbocycles. The highest BCUT2D eigenvalue weighted by molar-refractivity contribution is 7.87. The summed E-state index contributed by atoms with van der Waals surface area (Å²) in [6, 6.07) is 27.6. The number of rotatable bonds is 6. The number of carbonyl (C=O) groups excluding carboxylic acids is 1. The minimum absolute atomic E-state index is 0.0548. The molecule has 0 aliphatic rings. The first-order valence-electron chi connectivity index (χ1n) is 10.4. The van der Waals surface area contributed by atoms with Gasteiger partial charge in [0.2, 0.25) is 0 Å². The van der Waals surface area contributed by atoms with Crippen molar-refractivity contribution in [3.05, 3.63) is 108 Å². The van der Waals surface area contributed by atoms with Gasteiger partial charge in [-0.2, -0.15) is 13.7 Å². The van der Waals surface area contributed by atoms with E-state index in [2.05, 4.69) is 5.32 Å². The maximum atomic E-state index is 12.6. The van der Waals surface area contributed by atoms with Gasteiger partial charge in [-0.1, -0.05) is 60.2 Å². The van der Waals surface area contributed by atoms with Crippen molar-refractivity contribution in [1.29, 1.82) is 5.26 Å². The third-order valence-electron chi connectivity index (χ3n) is 5.08. The SMILES string of the molecule is Cc1ccc(S(=O)(=O)Oc2ccc(/C=C(\C#N)C(=O)Nc3ccc4ccccc4c3)cc2)cc1. The van der Waals surface area contributed by atoms with Gasteiger partial charge in [-0.15, -0.1) is 0 Å². The molecule has 0 aliphatic carbocycles. The van der Waals surface area contributed by atoms with Crippen LogP contribution >= 0.6 is 0 Å². The van der Waals surface area contributed by atoms with Crippen LogP contribution in [0.2, 0.25) is 0 Å². The van der Waals surface area contributed by atoms with Gasteiger partial charge in [0, 0.05) is 5.69 Å². The Kier molecular flexibility index (Phi) is 6.44. The number of nitrogens with one attached hydrogen (secondary N) is 1. The quantitative estimate of drug-likeness (QED) is 0.230. The maximum absolute atomic E-state index is 12.6. The van der Waals surface area contributed by atoms with Crippen molar-refractivity contribution < 1.29 is 17.4 Å². The fraction of sp³-hybridized carbons (Fsp3) is 0.0370. The van der Waals surface area contributed by atoms with Crippen molar-refractivity contribution >= 4 is 38.6 Å². The Bertz CT molecular complexity index is 1530. The first-order valence-corrected chi connectivity index (χ1v) is 11.8. The molecule has 4 aromatic rings. The number of hydrogen-bond donors (Lipinski definition) is 1. The Balaban J connectivity index is 1.48. The van der Waals surface area contributed by atoms with E-state index >= 15 is 0 Å². The average Bonchev–Trinajstić information content (AvgIpc) is 2.83. The lowest BCUT2D eigenvalue weighted by Crippen LogP contribution is -2.13. The molecule has 4 aromatic carbocycles. The molecule has 1 N–H and O–H groups in total. The van der Waals surface area contributed by atoms with Crippen LogP contribution < -0.4 is 9.50 Å². The van der Waals surface area contributed by atoms with E-state index in [0.29, 0.717) is 11.3 Å². The fourth-order valence-electron chi connectivity index (χ4n) is 3.28. The summed E-state index contributed by atoms with van der Waals surface area (Å²) in [5.41, 5.74) is 1.97. The molecule has 0 bridgehead atoms. The minimum Gasteiger partial charge on any atom is -0.379 e. The number of hydrogen-bond acceptors (Lipinski definition) is 5. The predicted octanol–water partition coefficient (Wildman–Crippen LogP) is 5.46. The van der Waals surface area contributed by atoms with Crippen LogP contribution in [-0.2, 0) is 14.9 Å². The van der Waals surface area contributed by atoms with E-state index in [9.17, 15) is 18.5 Å². The van der Waals surface area contributed by atoms with E-state index in [4.69, 9.17) is 4.18 Å². The summed E-state index contributed by atoms with van der Waals surface area (Å²) in [5.74, 6) is -0.420. The molecule has 0 atom stereocenters. The lowest BCUT2D eigenvalue weighted by atomic mass is 10.1. The Morgan fingerprint density at radius 2 is 1.59 bits per heavy atom. The van der Waals surface area contributed by atoms with Crippen LogP contribution in [0.5, 0.6) is 5.75 Å². The molecule has 0 aliphatic heterocycles. The molecular formula is C27H20N2O4S. The zero-order valence-electron chi connectivity index (χ0n) is 18.2. The number of amides is 1. The molecule has 168 valence electrons. The predicted molar refractivity (Wildman–Crippen MR) is 132 cm³/mol. The summed E-state index contributed by atoms with van der Waals surface area (Å²) in [7, 11) is -3.97. The molecule has 6 nitrogen and oxygen atoms in total. The molecule has 0 aromatic heterocycles. The lowest BCUT2D eigenvalue weighted by Gasteiger charge is -2.08. The van der Waals surface area contributed by atoms with Crippen LogP contribution in [0.4, 0.5) is 5.69 Å². The fourth-order valence-corrected chi connectivity index (χ4v) is 4.21. The summed E-state index contributed by atoms with van der Waals surface area (Å²) in [4.78, 5) is 12.7. The monoisotopic (exact) mass is 468 g/mol. The third kappa shape index (κ3) is 5.31. The van der Waals surface area contributed by atoms with Crippen LogP contribution in [0.3, 0.4) is 0 Å². The highest BCUT2D eigenvalue weighted by Crippen LogP contribution is 2.22. The third-order valence-corrected chi connectivity index (χ3v) is 6.34. The molecular weight excluding hydrogens is 448 g/mol. The van der Waals surface area contributed by atoms with Crippen LogP contribution in [0.25, 0.3) is 16.8 Å². The summed E-state index contributed by atoms with van der Waals surface area (Å²) in [5, 5.41) is 14.2. The van der Waals surface area contributed by atoms with Crippen molar-refractivity contribution in [2.45, 2.75) is 11.8 Å². The maximum Gasteiger partial charge on any atom is 0.339 e. The van der Waals surface area contributed by atoms with Gasteiger partial charge >= 0.3 is 10.1 Å². The van der Waals surface area contributed by atoms with Crippen LogP contribution in [0.15, 0.2) is 101 Å². The topological polar surface area (TPSA) is 96.3 Å². The molecule has 0 heterocycles. The first kappa shape index (κ1) is 22.8. The van der Waals surface area contributed by atoms with Crippen molar-refractivity contribution in [2.24, 2.45) is 0 Å². The normalized spacial score (nSPS) is 11.6. The van der Waals surface area contributed by atoms with E-state index in [1.807, 2.05) is 49.4 Å². The number of fused-ring (bicyclic) bond motifs is 1. The van der Waals surface area contributed by atoms with Gasteiger partial charge in [0.15, 0.2) is 0 Å². The van der Waals surface area contributed by atoms with Gasteiger partial charge in [0.05, 0.1) is 0 Å².